The van der Waals surface area contributed by atoms with Gasteiger partial charge < -0.3 is 10.2 Å². The highest BCUT2D eigenvalue weighted by Gasteiger charge is 2.16. The molecule has 2 unspecified atom stereocenters. The smallest absolute Gasteiger partial charge is 0.170 e. The SMILES string of the molecule is N#Cc1ccc(C(O)C(O)C#N)cc1. The highest BCUT2D eigenvalue weighted by Crippen LogP contribution is 2.16. The van der Waals surface area contributed by atoms with Crippen LogP contribution in [0.1, 0.15) is 17.2 Å². The summed E-state index contributed by atoms with van der Waals surface area (Å²) in [5.41, 5.74) is 0.880. The Kier molecular flexibility index (Phi) is 3.19. The average molecular weight is 188 g/mol. The first-order chi connectivity index (χ1) is 6.69. The van der Waals surface area contributed by atoms with Crippen molar-refractivity contribution < 1.29 is 10.2 Å². The molecule has 0 bridgehead atoms. The molecule has 0 aliphatic carbocycles. The predicted octanol–water partition coefficient (Wildman–Crippen LogP) is 0.476. The number of nitrogens with zero attached hydrogens (tertiary/aromatic N) is 2. The summed E-state index contributed by atoms with van der Waals surface area (Å²) >= 11 is 0. The van der Waals surface area contributed by atoms with Crippen molar-refractivity contribution in [2.45, 2.75) is 12.2 Å². The van der Waals surface area contributed by atoms with Gasteiger partial charge in [-0.2, -0.15) is 10.5 Å². The van der Waals surface area contributed by atoms with Gasteiger partial charge in [0.05, 0.1) is 17.7 Å². The fourth-order valence-corrected chi connectivity index (χ4v) is 1.01. The van der Waals surface area contributed by atoms with Crippen molar-refractivity contribution in [1.82, 2.24) is 0 Å². The van der Waals surface area contributed by atoms with E-state index >= 15 is 0 Å². The molecule has 0 aromatic heterocycles. The van der Waals surface area contributed by atoms with E-state index in [4.69, 9.17) is 15.6 Å². The van der Waals surface area contributed by atoms with Crippen LogP contribution in [-0.2, 0) is 0 Å². The Morgan fingerprint density at radius 3 is 2.07 bits per heavy atom. The number of aliphatic hydroxyl groups is 2. The maximum Gasteiger partial charge on any atom is 0.170 e. The second kappa shape index (κ2) is 4.38. The van der Waals surface area contributed by atoms with Crippen molar-refractivity contribution in [3.05, 3.63) is 35.4 Å². The van der Waals surface area contributed by atoms with Gasteiger partial charge in [-0.1, -0.05) is 12.1 Å². The third-order valence-corrected chi connectivity index (χ3v) is 1.81. The number of hydrogen-bond acceptors (Lipinski definition) is 4. The van der Waals surface area contributed by atoms with Crippen molar-refractivity contribution in [1.29, 1.82) is 10.5 Å². The summed E-state index contributed by atoms with van der Waals surface area (Å²) in [6, 6.07) is 9.50. The second-order valence-electron chi connectivity index (χ2n) is 2.75. The van der Waals surface area contributed by atoms with Gasteiger partial charge in [-0.25, -0.2) is 0 Å². The molecule has 2 atom stereocenters. The Hall–Kier alpha value is -1.88. The molecule has 1 aromatic carbocycles. The Bertz CT molecular complexity index is 386. The van der Waals surface area contributed by atoms with E-state index in [1.165, 1.54) is 30.3 Å². The molecule has 4 nitrogen and oxygen atoms in total. The fourth-order valence-electron chi connectivity index (χ4n) is 1.01. The normalized spacial score (nSPS) is 13.7. The summed E-state index contributed by atoms with van der Waals surface area (Å²) in [5.74, 6) is 0. The molecule has 70 valence electrons. The largest absolute Gasteiger partial charge is 0.385 e. The number of nitriles is 2. The molecule has 14 heavy (non-hydrogen) atoms. The molecule has 1 rings (SSSR count). The summed E-state index contributed by atoms with van der Waals surface area (Å²) in [6.07, 6.45) is -2.67. The number of rotatable bonds is 2. The zero-order chi connectivity index (χ0) is 10.6. The Labute approximate surface area is 81.3 Å². The van der Waals surface area contributed by atoms with E-state index in [1.807, 2.05) is 6.07 Å². The first-order valence-corrected chi connectivity index (χ1v) is 3.95. The molecule has 0 fully saturated rings. The van der Waals surface area contributed by atoms with Crippen LogP contribution in [0.15, 0.2) is 24.3 Å². The van der Waals surface area contributed by atoms with Crippen LogP contribution < -0.4 is 0 Å². The van der Waals surface area contributed by atoms with Crippen molar-refractivity contribution in [2.24, 2.45) is 0 Å². The topological polar surface area (TPSA) is 88.0 Å². The van der Waals surface area contributed by atoms with E-state index < -0.39 is 12.2 Å². The standard InChI is InChI=1S/C10H8N2O2/c11-5-7-1-3-8(4-2-7)10(14)9(13)6-12/h1-4,9-10,13-14H. The third kappa shape index (κ3) is 2.08. The van der Waals surface area contributed by atoms with Gasteiger partial charge in [-0.15, -0.1) is 0 Å². The first kappa shape index (κ1) is 10.2. The summed E-state index contributed by atoms with van der Waals surface area (Å²) in [6.45, 7) is 0. The molecular formula is C10H8N2O2. The van der Waals surface area contributed by atoms with E-state index in [1.54, 1.807) is 0 Å². The van der Waals surface area contributed by atoms with Crippen LogP contribution in [0.25, 0.3) is 0 Å². The zero-order valence-electron chi connectivity index (χ0n) is 7.25. The van der Waals surface area contributed by atoms with Crippen LogP contribution in [0.3, 0.4) is 0 Å². The van der Waals surface area contributed by atoms with Crippen molar-refractivity contribution >= 4 is 0 Å². The minimum absolute atomic E-state index is 0.415. The molecule has 0 amide bonds. The maximum absolute atomic E-state index is 9.40. The number of hydrogen-bond donors (Lipinski definition) is 2. The van der Waals surface area contributed by atoms with E-state index in [2.05, 4.69) is 0 Å². The molecule has 2 N–H and O–H groups in total. The van der Waals surface area contributed by atoms with E-state index in [-0.39, 0.29) is 0 Å². The maximum atomic E-state index is 9.40. The molecule has 0 spiro atoms. The van der Waals surface area contributed by atoms with Gasteiger partial charge in [0.1, 0.15) is 6.10 Å². The van der Waals surface area contributed by atoms with Crippen LogP contribution in [0.5, 0.6) is 0 Å². The van der Waals surface area contributed by atoms with Gasteiger partial charge in [-0.05, 0) is 17.7 Å². The summed E-state index contributed by atoms with van der Waals surface area (Å²) in [4.78, 5) is 0. The fraction of sp³-hybridized carbons (Fsp3) is 0.200. The Balaban J connectivity index is 2.89. The van der Waals surface area contributed by atoms with Gasteiger partial charge >= 0.3 is 0 Å². The van der Waals surface area contributed by atoms with E-state index in [9.17, 15) is 5.11 Å². The molecular weight excluding hydrogens is 180 g/mol. The van der Waals surface area contributed by atoms with Gasteiger partial charge in [-0.3, -0.25) is 0 Å². The zero-order valence-corrected chi connectivity index (χ0v) is 7.25. The van der Waals surface area contributed by atoms with Crippen molar-refractivity contribution in [3.63, 3.8) is 0 Å². The second-order valence-corrected chi connectivity index (χ2v) is 2.75. The molecule has 0 saturated heterocycles. The average Bonchev–Trinajstić information content (AvgIpc) is 2.27. The van der Waals surface area contributed by atoms with Crippen LogP contribution in [0.2, 0.25) is 0 Å². The number of benzene rings is 1. The van der Waals surface area contributed by atoms with Gasteiger partial charge in [0, 0.05) is 0 Å². The quantitative estimate of drug-likeness (QED) is 0.660. The van der Waals surface area contributed by atoms with Crippen LogP contribution in [-0.4, -0.2) is 16.3 Å². The van der Waals surface area contributed by atoms with E-state index in [0.29, 0.717) is 11.1 Å². The van der Waals surface area contributed by atoms with Crippen LogP contribution >= 0.6 is 0 Å². The molecule has 0 saturated carbocycles. The summed E-state index contributed by atoms with van der Waals surface area (Å²) < 4.78 is 0. The van der Waals surface area contributed by atoms with Gasteiger partial charge in [0.2, 0.25) is 0 Å². The van der Waals surface area contributed by atoms with Crippen molar-refractivity contribution in [3.8, 4) is 12.1 Å². The molecule has 0 aliphatic heterocycles. The Morgan fingerprint density at radius 2 is 1.64 bits per heavy atom. The van der Waals surface area contributed by atoms with E-state index in [0.717, 1.165) is 0 Å². The Morgan fingerprint density at radius 1 is 1.07 bits per heavy atom. The van der Waals surface area contributed by atoms with Crippen LogP contribution in [0.4, 0.5) is 0 Å². The lowest BCUT2D eigenvalue weighted by atomic mass is 10.0. The molecule has 1 aromatic rings. The minimum atomic E-state index is -1.44. The highest BCUT2D eigenvalue weighted by molar-refractivity contribution is 5.33. The van der Waals surface area contributed by atoms with Gasteiger partial charge in [0.15, 0.2) is 6.10 Å². The van der Waals surface area contributed by atoms with Crippen molar-refractivity contribution in [2.75, 3.05) is 0 Å². The van der Waals surface area contributed by atoms with Gasteiger partial charge in [0.25, 0.3) is 0 Å². The summed E-state index contributed by atoms with van der Waals surface area (Å²) in [5, 5.41) is 35.3. The first-order valence-electron chi connectivity index (χ1n) is 3.95. The predicted molar refractivity (Wildman–Crippen MR) is 47.7 cm³/mol. The van der Waals surface area contributed by atoms with Crippen LogP contribution in [0, 0.1) is 22.7 Å². The molecule has 0 radical (unpaired) electrons. The number of aliphatic hydroxyl groups excluding tert-OH is 2. The summed E-state index contributed by atoms with van der Waals surface area (Å²) in [7, 11) is 0. The third-order valence-electron chi connectivity index (χ3n) is 1.81. The lowest BCUT2D eigenvalue weighted by Crippen LogP contribution is -2.15. The lowest BCUT2D eigenvalue weighted by molar-refractivity contribution is 0.0528. The monoisotopic (exact) mass is 188 g/mol. The molecule has 0 heterocycles. The molecule has 4 heteroatoms. The minimum Gasteiger partial charge on any atom is -0.385 e. The molecule has 0 aliphatic rings. The lowest BCUT2D eigenvalue weighted by Gasteiger charge is -2.11. The highest BCUT2D eigenvalue weighted by atomic mass is 16.3.